The molecular weight excluding hydrogens is 261 g/mol. The highest BCUT2D eigenvalue weighted by Gasteiger charge is 2.22. The van der Waals surface area contributed by atoms with E-state index in [-0.39, 0.29) is 17.5 Å². The molecule has 104 valence electrons. The normalized spacial score (nSPS) is 14.9. The summed E-state index contributed by atoms with van der Waals surface area (Å²) in [5, 5.41) is 11.0. The molecule has 1 atom stereocenters. The predicted molar refractivity (Wildman–Crippen MR) is 68.4 cm³/mol. The van der Waals surface area contributed by atoms with Gasteiger partial charge in [-0.25, -0.2) is 4.98 Å². The topological polar surface area (TPSA) is 72.7 Å². The molecule has 0 radical (unpaired) electrons. The third-order valence-electron chi connectivity index (χ3n) is 3.36. The molecule has 1 aliphatic heterocycles. The summed E-state index contributed by atoms with van der Waals surface area (Å²) in [6.07, 6.45) is 3.24. The molecule has 0 saturated carbocycles. The summed E-state index contributed by atoms with van der Waals surface area (Å²) < 4.78 is 15.0. The lowest BCUT2D eigenvalue weighted by molar-refractivity contribution is 0.0937. The van der Waals surface area contributed by atoms with Crippen molar-refractivity contribution >= 4 is 5.91 Å². The molecule has 3 rings (SSSR count). The molecule has 7 heteroatoms. The van der Waals surface area contributed by atoms with Crippen LogP contribution >= 0.6 is 0 Å². The van der Waals surface area contributed by atoms with Gasteiger partial charge in [0.1, 0.15) is 5.82 Å². The van der Waals surface area contributed by atoms with E-state index in [9.17, 15) is 9.18 Å². The zero-order valence-electron chi connectivity index (χ0n) is 11.0. The number of nitrogens with one attached hydrogen (secondary N) is 1. The summed E-state index contributed by atoms with van der Waals surface area (Å²) in [4.78, 5) is 15.5. The molecule has 6 nitrogen and oxygen atoms in total. The Kier molecular flexibility index (Phi) is 3.17. The molecule has 0 aromatic carbocycles. The van der Waals surface area contributed by atoms with Gasteiger partial charge in [-0.05, 0) is 19.4 Å². The standard InChI is InChI=1S/C13H14FN5O/c1-8(12-18-17-11-3-2-6-19(11)12)16-13(20)9-4-5-15-10(14)7-9/h4-5,7-8H,2-3,6H2,1H3,(H,16,20). The second-order valence-corrected chi connectivity index (χ2v) is 4.79. The minimum absolute atomic E-state index is 0.241. The molecule has 1 amide bonds. The highest BCUT2D eigenvalue weighted by molar-refractivity contribution is 5.94. The Balaban J connectivity index is 1.75. The summed E-state index contributed by atoms with van der Waals surface area (Å²) in [5.74, 6) is 0.666. The van der Waals surface area contributed by atoms with Gasteiger partial charge in [-0.2, -0.15) is 4.39 Å². The van der Waals surface area contributed by atoms with Crippen LogP contribution in [0.1, 0.15) is 41.4 Å². The number of amides is 1. The van der Waals surface area contributed by atoms with Crippen LogP contribution in [0.15, 0.2) is 18.3 Å². The molecule has 0 saturated heterocycles. The van der Waals surface area contributed by atoms with E-state index < -0.39 is 5.95 Å². The zero-order chi connectivity index (χ0) is 14.1. The number of carbonyl (C=O) groups is 1. The van der Waals surface area contributed by atoms with Gasteiger partial charge in [0.05, 0.1) is 6.04 Å². The van der Waals surface area contributed by atoms with Gasteiger partial charge in [0, 0.05) is 30.8 Å². The summed E-state index contributed by atoms with van der Waals surface area (Å²) in [7, 11) is 0. The number of fused-ring (bicyclic) bond motifs is 1. The van der Waals surface area contributed by atoms with Crippen molar-refractivity contribution in [2.45, 2.75) is 32.4 Å². The Labute approximate surface area is 115 Å². The molecular formula is C13H14FN5O. The van der Waals surface area contributed by atoms with Crippen LogP contribution in [-0.4, -0.2) is 25.7 Å². The Morgan fingerprint density at radius 3 is 3.15 bits per heavy atom. The van der Waals surface area contributed by atoms with Crippen LogP contribution in [0.5, 0.6) is 0 Å². The molecule has 1 N–H and O–H groups in total. The van der Waals surface area contributed by atoms with Crippen molar-refractivity contribution in [3.63, 3.8) is 0 Å². The van der Waals surface area contributed by atoms with E-state index in [1.807, 2.05) is 11.5 Å². The molecule has 0 aliphatic carbocycles. The molecule has 2 aromatic rings. The quantitative estimate of drug-likeness (QED) is 0.856. The first kappa shape index (κ1) is 12.7. The minimum atomic E-state index is -0.673. The van der Waals surface area contributed by atoms with E-state index >= 15 is 0 Å². The number of hydrogen-bond acceptors (Lipinski definition) is 4. The maximum absolute atomic E-state index is 13.0. The van der Waals surface area contributed by atoms with Crippen molar-refractivity contribution in [1.29, 1.82) is 0 Å². The molecule has 20 heavy (non-hydrogen) atoms. The van der Waals surface area contributed by atoms with Gasteiger partial charge in [0.25, 0.3) is 5.91 Å². The van der Waals surface area contributed by atoms with Crippen LogP contribution in [0.25, 0.3) is 0 Å². The average molecular weight is 275 g/mol. The van der Waals surface area contributed by atoms with Crippen LogP contribution < -0.4 is 5.32 Å². The summed E-state index contributed by atoms with van der Waals surface area (Å²) in [6, 6.07) is 2.30. The Morgan fingerprint density at radius 2 is 2.35 bits per heavy atom. The van der Waals surface area contributed by atoms with Crippen LogP contribution in [0.3, 0.4) is 0 Å². The molecule has 0 bridgehead atoms. The van der Waals surface area contributed by atoms with Gasteiger partial charge < -0.3 is 9.88 Å². The van der Waals surface area contributed by atoms with E-state index in [2.05, 4.69) is 20.5 Å². The van der Waals surface area contributed by atoms with Gasteiger partial charge in [-0.1, -0.05) is 0 Å². The third kappa shape index (κ3) is 2.26. The van der Waals surface area contributed by atoms with Crippen LogP contribution in [-0.2, 0) is 13.0 Å². The highest BCUT2D eigenvalue weighted by atomic mass is 19.1. The van der Waals surface area contributed by atoms with Gasteiger partial charge in [0.2, 0.25) is 5.95 Å². The van der Waals surface area contributed by atoms with Gasteiger partial charge in [-0.15, -0.1) is 10.2 Å². The maximum atomic E-state index is 13.0. The summed E-state index contributed by atoms with van der Waals surface area (Å²) >= 11 is 0. The monoisotopic (exact) mass is 275 g/mol. The van der Waals surface area contributed by atoms with Crippen LogP contribution in [0.4, 0.5) is 4.39 Å². The van der Waals surface area contributed by atoms with E-state index in [1.165, 1.54) is 12.3 Å². The Bertz CT molecular complexity index is 654. The summed E-state index contributed by atoms with van der Waals surface area (Å²) in [6.45, 7) is 2.72. The predicted octanol–water partition coefficient (Wildman–Crippen LogP) is 1.25. The lowest BCUT2D eigenvalue weighted by Gasteiger charge is -2.13. The average Bonchev–Trinajstić information content (AvgIpc) is 3.00. The van der Waals surface area contributed by atoms with Crippen molar-refractivity contribution in [2.75, 3.05) is 0 Å². The lowest BCUT2D eigenvalue weighted by atomic mass is 10.2. The highest BCUT2D eigenvalue weighted by Crippen LogP contribution is 2.19. The largest absolute Gasteiger partial charge is 0.342 e. The first-order valence-electron chi connectivity index (χ1n) is 6.49. The number of carbonyl (C=O) groups excluding carboxylic acids is 1. The van der Waals surface area contributed by atoms with Gasteiger partial charge in [0.15, 0.2) is 5.82 Å². The molecule has 1 aliphatic rings. The fourth-order valence-electron chi connectivity index (χ4n) is 2.38. The van der Waals surface area contributed by atoms with Crippen LogP contribution in [0, 0.1) is 5.95 Å². The minimum Gasteiger partial charge on any atom is -0.342 e. The molecule has 2 aromatic heterocycles. The van der Waals surface area contributed by atoms with Crippen molar-refractivity contribution in [2.24, 2.45) is 0 Å². The zero-order valence-corrected chi connectivity index (χ0v) is 11.0. The number of aromatic nitrogens is 4. The number of aryl methyl sites for hydroxylation is 1. The van der Waals surface area contributed by atoms with E-state index in [0.29, 0.717) is 0 Å². The number of hydrogen-bond donors (Lipinski definition) is 1. The third-order valence-corrected chi connectivity index (χ3v) is 3.36. The molecule has 3 heterocycles. The second kappa shape index (κ2) is 4.99. The Hall–Kier alpha value is -2.31. The fourth-order valence-corrected chi connectivity index (χ4v) is 2.38. The SMILES string of the molecule is CC(NC(=O)c1ccnc(F)c1)c1nnc2n1CCC2. The number of rotatable bonds is 3. The van der Waals surface area contributed by atoms with Crippen molar-refractivity contribution in [3.05, 3.63) is 41.5 Å². The summed E-state index contributed by atoms with van der Waals surface area (Å²) in [5.41, 5.74) is 0.241. The molecule has 0 fully saturated rings. The first-order chi connectivity index (χ1) is 9.65. The maximum Gasteiger partial charge on any atom is 0.252 e. The number of nitrogens with zero attached hydrogens (tertiary/aromatic N) is 4. The molecule has 1 unspecified atom stereocenters. The van der Waals surface area contributed by atoms with Crippen LogP contribution in [0.2, 0.25) is 0 Å². The Morgan fingerprint density at radius 1 is 1.50 bits per heavy atom. The first-order valence-corrected chi connectivity index (χ1v) is 6.49. The molecule has 0 spiro atoms. The van der Waals surface area contributed by atoms with E-state index in [4.69, 9.17) is 0 Å². The van der Waals surface area contributed by atoms with Crippen molar-refractivity contribution in [3.8, 4) is 0 Å². The van der Waals surface area contributed by atoms with Crippen molar-refractivity contribution < 1.29 is 9.18 Å². The van der Waals surface area contributed by atoms with Gasteiger partial charge in [-0.3, -0.25) is 4.79 Å². The van der Waals surface area contributed by atoms with Gasteiger partial charge >= 0.3 is 0 Å². The lowest BCUT2D eigenvalue weighted by Crippen LogP contribution is -2.28. The number of pyridine rings is 1. The smallest absolute Gasteiger partial charge is 0.252 e. The van der Waals surface area contributed by atoms with E-state index in [1.54, 1.807) is 0 Å². The second-order valence-electron chi connectivity index (χ2n) is 4.79. The fraction of sp³-hybridized carbons (Fsp3) is 0.385. The van der Waals surface area contributed by atoms with E-state index in [0.717, 1.165) is 37.1 Å². The number of halogens is 1. The van der Waals surface area contributed by atoms with Crippen molar-refractivity contribution in [1.82, 2.24) is 25.1 Å².